The first-order chi connectivity index (χ1) is 11.5. The summed E-state index contributed by atoms with van der Waals surface area (Å²) in [7, 11) is 0. The van der Waals surface area contributed by atoms with Gasteiger partial charge in [-0.25, -0.2) is 4.99 Å². The second kappa shape index (κ2) is 7.95. The molecule has 0 saturated heterocycles. The smallest absolute Gasteiger partial charge is 0.230 e. The first kappa shape index (κ1) is 15.1. The highest BCUT2D eigenvalue weighted by Crippen LogP contribution is 2.16. The van der Waals surface area contributed by atoms with Crippen LogP contribution in [0.3, 0.4) is 0 Å². The zero-order valence-electron chi connectivity index (χ0n) is 13.5. The van der Waals surface area contributed by atoms with Gasteiger partial charge in [0.1, 0.15) is 0 Å². The van der Waals surface area contributed by atoms with Crippen LogP contribution in [0.5, 0.6) is 0 Å². The number of nitrogens with two attached hydrogens (primary N) is 2. The van der Waals surface area contributed by atoms with Gasteiger partial charge in [-0.1, -0.05) is 42.5 Å². The third kappa shape index (κ3) is 4.82. The molecule has 1 amide bonds. The van der Waals surface area contributed by atoms with Crippen molar-refractivity contribution in [3.05, 3.63) is 65.7 Å². The van der Waals surface area contributed by atoms with E-state index >= 15 is 0 Å². The van der Waals surface area contributed by atoms with Gasteiger partial charge < -0.3 is 21.9 Å². The Labute approximate surface area is 136 Å². The normalized spacial score (nSPS) is 13.5. The van der Waals surface area contributed by atoms with Crippen LogP contribution >= 0.6 is 0 Å². The number of carbonyl (C=O) groups excluding carboxylic acids is 1. The van der Waals surface area contributed by atoms with Gasteiger partial charge in [-0.3, -0.25) is 4.79 Å². The molecule has 120 valence electrons. The van der Waals surface area contributed by atoms with Crippen molar-refractivity contribution in [3.63, 3.8) is 0 Å². The molecule has 23 heavy (non-hydrogen) atoms. The Morgan fingerprint density at radius 2 is 1.83 bits per heavy atom. The summed E-state index contributed by atoms with van der Waals surface area (Å²) in [6.07, 6.45) is 0. The Morgan fingerprint density at radius 1 is 1.17 bits per heavy atom. The molecule has 0 aromatic heterocycles. The Morgan fingerprint density at radius 3 is 2.39 bits per heavy atom. The van der Waals surface area contributed by atoms with E-state index in [0.717, 1.165) is 0 Å². The van der Waals surface area contributed by atoms with Gasteiger partial charge in [0.2, 0.25) is 5.91 Å². The number of amides is 1. The van der Waals surface area contributed by atoms with Gasteiger partial charge in [0, 0.05) is 6.52 Å². The summed E-state index contributed by atoms with van der Waals surface area (Å²) in [5, 5.41) is 12.1. The number of aliphatic hydroxyl groups is 1. The van der Waals surface area contributed by atoms with Crippen molar-refractivity contribution in [2.75, 3.05) is 6.61 Å². The lowest BCUT2D eigenvalue weighted by Crippen LogP contribution is -2.30. The van der Waals surface area contributed by atoms with Gasteiger partial charge in [-0.15, -0.1) is 0 Å². The summed E-state index contributed by atoms with van der Waals surface area (Å²) in [6.45, 7) is -1.28. The van der Waals surface area contributed by atoms with Gasteiger partial charge in [-0.2, -0.15) is 0 Å². The molecule has 0 heterocycles. The molecular formula is C17H20N4O2. The first-order valence-corrected chi connectivity index (χ1v) is 7.09. The van der Waals surface area contributed by atoms with Gasteiger partial charge in [-0.05, 0) is 23.3 Å². The second-order valence-corrected chi connectivity index (χ2v) is 4.93. The number of rotatable bonds is 6. The lowest BCUT2D eigenvalue weighted by molar-refractivity contribution is -0.123. The molecule has 0 aliphatic rings. The van der Waals surface area contributed by atoms with E-state index in [1.54, 1.807) is 48.5 Å². The van der Waals surface area contributed by atoms with E-state index in [1.165, 1.54) is 0 Å². The van der Waals surface area contributed by atoms with Crippen LogP contribution in [0.25, 0.3) is 0 Å². The molecule has 6 nitrogen and oxygen atoms in total. The molecule has 6 heteroatoms. The molecule has 0 aliphatic carbocycles. The monoisotopic (exact) mass is 313 g/mol. The van der Waals surface area contributed by atoms with Crippen LogP contribution in [-0.2, 0) is 11.3 Å². The Balaban J connectivity index is 2.06. The van der Waals surface area contributed by atoms with Crippen molar-refractivity contribution in [2.24, 2.45) is 16.5 Å². The van der Waals surface area contributed by atoms with Crippen molar-refractivity contribution in [2.45, 2.75) is 12.4 Å². The molecular weight excluding hydrogens is 292 g/mol. The van der Waals surface area contributed by atoms with Crippen LogP contribution < -0.4 is 16.8 Å². The fraction of sp³-hybridized carbons (Fsp3) is 0.176. The number of aliphatic hydroxyl groups excluding tert-OH is 1. The predicted molar refractivity (Wildman–Crippen MR) is 90.0 cm³/mol. The Bertz CT molecular complexity index is 700. The van der Waals surface area contributed by atoms with Crippen LogP contribution in [0.15, 0.2) is 59.6 Å². The maximum absolute atomic E-state index is 12.3. The predicted octanol–water partition coefficient (Wildman–Crippen LogP) is 0.984. The maximum Gasteiger partial charge on any atom is 0.230 e. The summed E-state index contributed by atoms with van der Waals surface area (Å²) >= 11 is 0. The highest BCUT2D eigenvalue weighted by molar-refractivity contribution is 5.83. The average Bonchev–Trinajstić information content (AvgIpc) is 2.56. The molecule has 0 fully saturated rings. The van der Waals surface area contributed by atoms with Crippen molar-refractivity contribution in [3.8, 4) is 0 Å². The standard InChI is InChI=1S/C17H20N4O2/c18-17(19)21-14-8-6-12(7-9-14)10-20-16(23)15(11-22)13-4-2-1-3-5-13/h1-9,15,22H,10-11H2,(H,20,23)(H4,18,19,21)/i10D. The Hall–Kier alpha value is -2.86. The van der Waals surface area contributed by atoms with Crippen molar-refractivity contribution in [1.82, 2.24) is 5.32 Å². The van der Waals surface area contributed by atoms with Crippen LogP contribution in [0.2, 0.25) is 0 Å². The van der Waals surface area contributed by atoms with E-state index in [9.17, 15) is 9.90 Å². The number of hydrogen-bond acceptors (Lipinski definition) is 3. The van der Waals surface area contributed by atoms with E-state index in [0.29, 0.717) is 16.8 Å². The maximum atomic E-state index is 12.3. The lowest BCUT2D eigenvalue weighted by Gasteiger charge is -2.14. The molecule has 6 N–H and O–H groups in total. The number of benzene rings is 2. The number of nitrogens with one attached hydrogen (secondary N) is 1. The quantitative estimate of drug-likeness (QED) is 0.470. The molecule has 0 spiro atoms. The zero-order valence-corrected chi connectivity index (χ0v) is 12.5. The number of guanidine groups is 1. The van der Waals surface area contributed by atoms with Gasteiger partial charge in [0.25, 0.3) is 0 Å². The fourth-order valence-electron chi connectivity index (χ4n) is 2.07. The molecule has 0 saturated carbocycles. The summed E-state index contributed by atoms with van der Waals surface area (Å²) in [4.78, 5) is 16.2. The SMILES string of the molecule is [2H]C(NC(=O)C(CO)c1ccccc1)c1ccc(N=C(N)N)cc1. The molecule has 2 rings (SSSR count). The van der Waals surface area contributed by atoms with Crippen LogP contribution in [0.1, 0.15) is 18.4 Å². The van der Waals surface area contributed by atoms with E-state index < -0.39 is 18.3 Å². The minimum atomic E-state index is -0.955. The third-order valence-corrected chi connectivity index (χ3v) is 3.23. The molecule has 0 aliphatic heterocycles. The highest BCUT2D eigenvalue weighted by Gasteiger charge is 2.18. The van der Waals surface area contributed by atoms with E-state index in [2.05, 4.69) is 10.3 Å². The molecule has 2 unspecified atom stereocenters. The van der Waals surface area contributed by atoms with Crippen molar-refractivity contribution in [1.29, 1.82) is 0 Å². The number of nitrogens with zero attached hydrogens (tertiary/aromatic N) is 1. The van der Waals surface area contributed by atoms with Crippen molar-refractivity contribution >= 4 is 17.6 Å². The number of aliphatic imine (C=N–C) groups is 1. The molecule has 2 aromatic carbocycles. The van der Waals surface area contributed by atoms with Crippen molar-refractivity contribution < 1.29 is 11.3 Å². The number of hydrogen-bond donors (Lipinski definition) is 4. The van der Waals surface area contributed by atoms with Gasteiger partial charge in [0.15, 0.2) is 5.96 Å². The van der Waals surface area contributed by atoms with E-state index in [1.807, 2.05) is 6.07 Å². The summed E-state index contributed by atoms with van der Waals surface area (Å²) in [5.41, 5.74) is 12.5. The second-order valence-electron chi connectivity index (χ2n) is 4.93. The molecule has 2 aromatic rings. The third-order valence-electron chi connectivity index (χ3n) is 3.23. The summed E-state index contributed by atoms with van der Waals surface area (Å²) < 4.78 is 8.09. The highest BCUT2D eigenvalue weighted by atomic mass is 16.3. The topological polar surface area (TPSA) is 114 Å². The molecule has 2 atom stereocenters. The average molecular weight is 313 g/mol. The minimum absolute atomic E-state index is 0.0490. The number of carbonyl (C=O) groups is 1. The molecule has 0 bridgehead atoms. The largest absolute Gasteiger partial charge is 0.395 e. The van der Waals surface area contributed by atoms with Crippen LogP contribution in [0, 0.1) is 0 Å². The zero-order chi connectivity index (χ0) is 17.5. The lowest BCUT2D eigenvalue weighted by atomic mass is 9.99. The van der Waals surface area contributed by atoms with Crippen LogP contribution in [-0.4, -0.2) is 23.6 Å². The summed E-state index contributed by atoms with van der Waals surface area (Å²) in [6, 6.07) is 15.6. The van der Waals surface area contributed by atoms with Gasteiger partial charge in [0.05, 0.1) is 19.6 Å². The summed E-state index contributed by atoms with van der Waals surface area (Å²) in [5.74, 6) is -1.16. The minimum Gasteiger partial charge on any atom is -0.395 e. The fourth-order valence-corrected chi connectivity index (χ4v) is 2.07. The Kier molecular flexibility index (Phi) is 5.21. The first-order valence-electron chi connectivity index (χ1n) is 7.67. The van der Waals surface area contributed by atoms with Gasteiger partial charge >= 0.3 is 0 Å². The molecule has 0 radical (unpaired) electrons. The van der Waals surface area contributed by atoms with E-state index in [-0.39, 0.29) is 12.6 Å². The van der Waals surface area contributed by atoms with E-state index in [4.69, 9.17) is 12.8 Å². The van der Waals surface area contributed by atoms with Crippen LogP contribution in [0.4, 0.5) is 5.69 Å².